The van der Waals surface area contributed by atoms with Gasteiger partial charge in [-0.25, -0.2) is 4.57 Å². The third-order valence-electron chi connectivity index (χ3n) is 15.9. The fourth-order valence-corrected chi connectivity index (χ4v) is 11.1. The Morgan fingerprint density at radius 2 is 0.663 bits per heavy atom. The van der Waals surface area contributed by atoms with Crippen LogP contribution in [0.2, 0.25) is 0 Å². The molecule has 0 aliphatic rings. The second kappa shape index (κ2) is 66.6. The van der Waals surface area contributed by atoms with E-state index in [2.05, 4.69) is 98.9 Å². The minimum atomic E-state index is -4.40. The van der Waals surface area contributed by atoms with Gasteiger partial charge < -0.3 is 18.9 Å². The van der Waals surface area contributed by atoms with Crippen molar-refractivity contribution in [2.24, 2.45) is 0 Å². The summed E-state index contributed by atoms with van der Waals surface area (Å²) in [5.74, 6) is -0.805. The van der Waals surface area contributed by atoms with E-state index in [1.54, 1.807) is 0 Å². The number of nitrogens with zero attached hydrogens (tertiary/aromatic N) is 1. The average molecular weight is 1230 g/mol. The highest BCUT2D eigenvalue weighted by atomic mass is 31.2. The van der Waals surface area contributed by atoms with Crippen LogP contribution in [0, 0.1) is 0 Å². The Morgan fingerprint density at radius 1 is 0.372 bits per heavy atom. The van der Waals surface area contributed by atoms with Gasteiger partial charge in [0.1, 0.15) is 19.8 Å². The van der Waals surface area contributed by atoms with Crippen molar-refractivity contribution in [3.8, 4) is 0 Å². The molecule has 500 valence electrons. The molecule has 2 unspecified atom stereocenters. The molecule has 0 aromatic rings. The first kappa shape index (κ1) is 83.2. The predicted octanol–water partition coefficient (Wildman–Crippen LogP) is 23.7. The van der Waals surface area contributed by atoms with Gasteiger partial charge in [0.15, 0.2) is 6.10 Å². The van der Waals surface area contributed by atoms with Gasteiger partial charge in [0.05, 0.1) is 27.7 Å². The first-order chi connectivity index (χ1) is 42.0. The monoisotopic (exact) mass is 1230 g/mol. The summed E-state index contributed by atoms with van der Waals surface area (Å²) in [5, 5.41) is 0. The summed E-state index contributed by atoms with van der Waals surface area (Å²) in [5.41, 5.74) is 0. The zero-order valence-electron chi connectivity index (χ0n) is 57.0. The lowest BCUT2D eigenvalue weighted by Gasteiger charge is -2.24. The van der Waals surface area contributed by atoms with Gasteiger partial charge in [-0.15, -0.1) is 0 Å². The third kappa shape index (κ3) is 70.3. The van der Waals surface area contributed by atoms with Gasteiger partial charge in [0.25, 0.3) is 0 Å². The molecule has 2 atom stereocenters. The average Bonchev–Trinajstić information content (AvgIpc) is 3.70. The van der Waals surface area contributed by atoms with Crippen LogP contribution in [0.15, 0.2) is 85.1 Å². The van der Waals surface area contributed by atoms with Gasteiger partial charge in [0, 0.05) is 12.8 Å². The zero-order chi connectivity index (χ0) is 62.6. The third-order valence-corrected chi connectivity index (χ3v) is 16.9. The lowest BCUT2D eigenvalue weighted by molar-refractivity contribution is -0.870. The highest BCUT2D eigenvalue weighted by molar-refractivity contribution is 7.47. The summed E-state index contributed by atoms with van der Waals surface area (Å²) in [7, 11) is 1.47. The molecule has 0 spiro atoms. The molecule has 0 bridgehead atoms. The number of hydrogen-bond acceptors (Lipinski definition) is 7. The molecule has 0 radical (unpaired) electrons. The molecule has 0 saturated heterocycles. The summed E-state index contributed by atoms with van der Waals surface area (Å²) in [4.78, 5) is 35.9. The topological polar surface area (TPSA) is 108 Å². The van der Waals surface area contributed by atoms with Crippen molar-refractivity contribution >= 4 is 19.8 Å². The molecular weight excluding hydrogens is 1090 g/mol. The standard InChI is InChI=1S/C76H138NO8P/c1-6-8-10-12-14-16-18-20-22-24-26-28-30-32-33-34-35-36-37-38-39-40-41-42-43-45-46-48-50-52-54-56-58-60-62-64-66-68-75(78)82-72-74(73-84-86(80,81)83-71-70-77(3,4)5)85-76(79)69-67-65-63-61-59-57-55-53-51-49-47-44-31-29-27-25-23-21-19-17-15-13-11-9-7-2/h9,11,15,17,21,23-24,26-27,29,44,47,51,53,74H,6-8,10,12-14,16,18-20,22,25,28,30-43,45-46,48-50,52,54-73H2,1-5H3/p+1/b11-9-,17-15-,23-21-,26-24-,29-27-,47-44-,53-51-. The molecule has 9 nitrogen and oxygen atoms in total. The van der Waals surface area contributed by atoms with E-state index in [4.69, 9.17) is 18.5 Å². The number of carbonyl (C=O) groups excluding carboxylic acids is 2. The molecule has 0 rings (SSSR count). The fourth-order valence-electron chi connectivity index (χ4n) is 10.4. The lowest BCUT2D eigenvalue weighted by atomic mass is 10.0. The van der Waals surface area contributed by atoms with Crippen molar-refractivity contribution in [2.75, 3.05) is 47.5 Å². The molecule has 1 N–H and O–H groups in total. The van der Waals surface area contributed by atoms with Crippen LogP contribution in [-0.4, -0.2) is 74.9 Å². The van der Waals surface area contributed by atoms with E-state index in [9.17, 15) is 19.0 Å². The van der Waals surface area contributed by atoms with Crippen LogP contribution < -0.4 is 0 Å². The Balaban J connectivity index is 3.98. The Morgan fingerprint density at radius 3 is 1.00 bits per heavy atom. The molecule has 0 heterocycles. The van der Waals surface area contributed by atoms with Crippen LogP contribution >= 0.6 is 7.82 Å². The first-order valence-corrected chi connectivity index (χ1v) is 37.8. The first-order valence-electron chi connectivity index (χ1n) is 36.3. The van der Waals surface area contributed by atoms with E-state index in [0.29, 0.717) is 17.4 Å². The molecule has 10 heteroatoms. The van der Waals surface area contributed by atoms with E-state index in [-0.39, 0.29) is 32.0 Å². The van der Waals surface area contributed by atoms with Gasteiger partial charge >= 0.3 is 19.8 Å². The molecular formula is C76H139NO8P+. The molecule has 0 saturated carbocycles. The fraction of sp³-hybridized carbons (Fsp3) is 0.789. The van der Waals surface area contributed by atoms with Crippen molar-refractivity contribution in [1.29, 1.82) is 0 Å². The Kier molecular flexibility index (Phi) is 64.4. The quantitative estimate of drug-likeness (QED) is 0.0211. The van der Waals surface area contributed by atoms with Crippen LogP contribution in [0.25, 0.3) is 0 Å². The molecule has 0 aliphatic heterocycles. The van der Waals surface area contributed by atoms with Crippen LogP contribution in [0.1, 0.15) is 335 Å². The van der Waals surface area contributed by atoms with Crippen LogP contribution in [0.4, 0.5) is 0 Å². The smallest absolute Gasteiger partial charge is 0.462 e. The molecule has 0 fully saturated rings. The summed E-state index contributed by atoms with van der Waals surface area (Å²) in [6, 6.07) is 0. The molecule has 86 heavy (non-hydrogen) atoms. The highest BCUT2D eigenvalue weighted by Crippen LogP contribution is 2.43. The van der Waals surface area contributed by atoms with Crippen LogP contribution in [0.3, 0.4) is 0 Å². The summed E-state index contributed by atoms with van der Waals surface area (Å²) >= 11 is 0. The van der Waals surface area contributed by atoms with Crippen molar-refractivity contribution in [1.82, 2.24) is 0 Å². The molecule has 0 aromatic heterocycles. The molecule has 0 amide bonds. The molecule has 0 aromatic carbocycles. The SMILES string of the molecule is CC/C=C\C/C=C\C/C=C\C/C=C\C/C=C\C/C=C\CCCCCCCCC(=O)OC(COC(=O)CCCCCCCCCCCCCCCCCCCCCCCCCCC/C=C\CCCCCCCCCC)COP(=O)(O)OCC[N+](C)(C)C. The van der Waals surface area contributed by atoms with E-state index >= 15 is 0 Å². The normalized spacial score (nSPS) is 13.6. The Labute approximate surface area is 532 Å². The Hall–Kier alpha value is -2.81. The van der Waals surface area contributed by atoms with Crippen LogP contribution in [-0.2, 0) is 32.7 Å². The van der Waals surface area contributed by atoms with E-state index in [1.807, 2.05) is 21.1 Å². The number of esters is 2. The second-order valence-corrected chi connectivity index (χ2v) is 27.0. The zero-order valence-corrected chi connectivity index (χ0v) is 57.9. The number of quaternary nitrogens is 1. The van der Waals surface area contributed by atoms with Crippen LogP contribution in [0.5, 0.6) is 0 Å². The highest BCUT2D eigenvalue weighted by Gasteiger charge is 2.27. The minimum absolute atomic E-state index is 0.0261. The van der Waals surface area contributed by atoms with Gasteiger partial charge in [-0.05, 0) is 89.9 Å². The number of allylic oxidation sites excluding steroid dienone is 14. The van der Waals surface area contributed by atoms with Gasteiger partial charge in [-0.1, -0.05) is 317 Å². The van der Waals surface area contributed by atoms with E-state index in [0.717, 1.165) is 96.3 Å². The van der Waals surface area contributed by atoms with Crippen molar-refractivity contribution < 1.29 is 42.1 Å². The maximum Gasteiger partial charge on any atom is 0.472 e. The van der Waals surface area contributed by atoms with Gasteiger partial charge in [-0.3, -0.25) is 18.6 Å². The maximum absolute atomic E-state index is 12.9. The van der Waals surface area contributed by atoms with Gasteiger partial charge in [-0.2, -0.15) is 0 Å². The van der Waals surface area contributed by atoms with Crippen molar-refractivity contribution in [3.05, 3.63) is 85.1 Å². The number of phosphoric ester groups is 1. The van der Waals surface area contributed by atoms with E-state index in [1.165, 1.54) is 205 Å². The number of rotatable bonds is 67. The largest absolute Gasteiger partial charge is 0.472 e. The Bertz CT molecular complexity index is 1730. The summed E-state index contributed by atoms with van der Waals surface area (Å²) in [6.45, 7) is 4.34. The summed E-state index contributed by atoms with van der Waals surface area (Å²) < 4.78 is 34.7. The van der Waals surface area contributed by atoms with Crippen molar-refractivity contribution in [3.63, 3.8) is 0 Å². The van der Waals surface area contributed by atoms with Crippen molar-refractivity contribution in [2.45, 2.75) is 341 Å². The number of unbranched alkanes of at least 4 members (excludes halogenated alkanes) is 39. The lowest BCUT2D eigenvalue weighted by Crippen LogP contribution is -2.37. The minimum Gasteiger partial charge on any atom is -0.462 e. The number of ether oxygens (including phenoxy) is 2. The predicted molar refractivity (Wildman–Crippen MR) is 372 cm³/mol. The number of carbonyl (C=O) groups is 2. The van der Waals surface area contributed by atoms with Gasteiger partial charge in [0.2, 0.25) is 0 Å². The second-order valence-electron chi connectivity index (χ2n) is 25.6. The number of phosphoric acid groups is 1. The van der Waals surface area contributed by atoms with E-state index < -0.39 is 26.5 Å². The number of likely N-dealkylation sites (N-methyl/N-ethyl adjacent to an activating group) is 1. The maximum atomic E-state index is 12.9. The number of hydrogen-bond donors (Lipinski definition) is 1. The summed E-state index contributed by atoms with van der Waals surface area (Å²) in [6.07, 6.45) is 91.4. The molecule has 0 aliphatic carbocycles.